The number of Topliss-reactive ketones (excluding diaryl/α,β-unsaturated/α-hetero) is 1. The van der Waals surface area contributed by atoms with Gasteiger partial charge in [-0.2, -0.15) is 0 Å². The Bertz CT molecular complexity index is 191. The summed E-state index contributed by atoms with van der Waals surface area (Å²) in [5.41, 5.74) is 0. The molecule has 15 heavy (non-hydrogen) atoms. The van der Waals surface area contributed by atoms with Crippen molar-refractivity contribution in [1.29, 1.82) is 0 Å². The molecule has 1 aliphatic rings. The van der Waals surface area contributed by atoms with E-state index in [0.29, 0.717) is 5.78 Å². The normalized spacial score (nSPS) is 23.1. The van der Waals surface area contributed by atoms with E-state index in [1.807, 2.05) is 0 Å². The molecule has 0 amide bonds. The molecule has 0 aromatic carbocycles. The molecule has 1 fully saturated rings. The first kappa shape index (κ1) is 12.7. The van der Waals surface area contributed by atoms with Gasteiger partial charge >= 0.3 is 0 Å². The molecule has 0 N–H and O–H groups in total. The first-order valence-corrected chi connectivity index (χ1v) is 6.56. The van der Waals surface area contributed by atoms with Crippen LogP contribution in [0.15, 0.2) is 0 Å². The lowest BCUT2D eigenvalue weighted by Crippen LogP contribution is -2.41. The van der Waals surface area contributed by atoms with Gasteiger partial charge in [0.05, 0.1) is 6.04 Å². The number of hydrogen-bond donors (Lipinski definition) is 0. The summed E-state index contributed by atoms with van der Waals surface area (Å²) in [7, 11) is 0. The summed E-state index contributed by atoms with van der Waals surface area (Å²) in [6, 6.07) is 0.240. The molecule has 0 heterocycles. The van der Waals surface area contributed by atoms with Gasteiger partial charge in [-0.25, -0.2) is 0 Å². The Balaban J connectivity index is 2.51. The van der Waals surface area contributed by atoms with Gasteiger partial charge in [0.25, 0.3) is 0 Å². The highest BCUT2D eigenvalue weighted by Gasteiger charge is 2.25. The van der Waals surface area contributed by atoms with Crippen molar-refractivity contribution < 1.29 is 4.79 Å². The Morgan fingerprint density at radius 1 is 1.27 bits per heavy atom. The molecule has 1 rings (SSSR count). The zero-order valence-corrected chi connectivity index (χ0v) is 10.3. The fraction of sp³-hybridized carbons (Fsp3) is 0.923. The quantitative estimate of drug-likeness (QED) is 0.652. The SMILES string of the molecule is CCCCN(CC)C1CCCCCC1=O. The number of unbranched alkanes of at least 4 members (excludes halogenated alkanes) is 1. The van der Waals surface area contributed by atoms with Crippen LogP contribution in [0.25, 0.3) is 0 Å². The Morgan fingerprint density at radius 3 is 2.73 bits per heavy atom. The van der Waals surface area contributed by atoms with Crippen molar-refractivity contribution in [2.75, 3.05) is 13.1 Å². The minimum Gasteiger partial charge on any atom is -0.298 e. The highest BCUT2D eigenvalue weighted by Crippen LogP contribution is 2.19. The van der Waals surface area contributed by atoms with E-state index < -0.39 is 0 Å². The molecule has 0 spiro atoms. The van der Waals surface area contributed by atoms with Gasteiger partial charge < -0.3 is 0 Å². The van der Waals surface area contributed by atoms with Gasteiger partial charge in [-0.3, -0.25) is 9.69 Å². The summed E-state index contributed by atoms with van der Waals surface area (Å²) in [5, 5.41) is 0. The van der Waals surface area contributed by atoms with Crippen molar-refractivity contribution >= 4 is 5.78 Å². The summed E-state index contributed by atoms with van der Waals surface area (Å²) >= 11 is 0. The van der Waals surface area contributed by atoms with E-state index in [2.05, 4.69) is 18.7 Å². The van der Waals surface area contributed by atoms with Crippen LogP contribution in [0, 0.1) is 0 Å². The molecule has 1 saturated carbocycles. The number of hydrogen-bond acceptors (Lipinski definition) is 2. The van der Waals surface area contributed by atoms with E-state index in [-0.39, 0.29) is 6.04 Å². The highest BCUT2D eigenvalue weighted by molar-refractivity contribution is 5.84. The van der Waals surface area contributed by atoms with Gasteiger partial charge in [0, 0.05) is 6.42 Å². The molecule has 0 radical (unpaired) electrons. The highest BCUT2D eigenvalue weighted by atomic mass is 16.1. The minimum atomic E-state index is 0.240. The van der Waals surface area contributed by atoms with Gasteiger partial charge in [0.2, 0.25) is 0 Å². The molecular weight excluding hydrogens is 186 g/mol. The first-order valence-electron chi connectivity index (χ1n) is 6.56. The molecule has 2 nitrogen and oxygen atoms in total. The maximum atomic E-state index is 11.9. The van der Waals surface area contributed by atoms with E-state index in [9.17, 15) is 4.79 Å². The fourth-order valence-electron chi connectivity index (χ4n) is 2.42. The average Bonchev–Trinajstić information content (AvgIpc) is 2.45. The van der Waals surface area contributed by atoms with Crippen LogP contribution in [0.2, 0.25) is 0 Å². The van der Waals surface area contributed by atoms with Crippen LogP contribution in [0.3, 0.4) is 0 Å². The lowest BCUT2D eigenvalue weighted by Gasteiger charge is -2.28. The van der Waals surface area contributed by atoms with Gasteiger partial charge in [-0.05, 0) is 32.4 Å². The molecule has 0 aliphatic heterocycles. The van der Waals surface area contributed by atoms with Gasteiger partial charge in [-0.1, -0.05) is 33.1 Å². The van der Waals surface area contributed by atoms with Crippen molar-refractivity contribution in [2.45, 2.75) is 64.8 Å². The van der Waals surface area contributed by atoms with E-state index in [0.717, 1.165) is 32.4 Å². The summed E-state index contributed by atoms with van der Waals surface area (Å²) < 4.78 is 0. The summed E-state index contributed by atoms with van der Waals surface area (Å²) in [6.45, 7) is 6.51. The molecule has 1 unspecified atom stereocenters. The fourth-order valence-corrected chi connectivity index (χ4v) is 2.42. The Labute approximate surface area is 94.0 Å². The molecule has 0 aromatic heterocycles. The minimum absolute atomic E-state index is 0.240. The summed E-state index contributed by atoms with van der Waals surface area (Å²) in [5.74, 6) is 0.491. The zero-order valence-electron chi connectivity index (χ0n) is 10.3. The smallest absolute Gasteiger partial charge is 0.149 e. The second-order valence-electron chi connectivity index (χ2n) is 4.56. The van der Waals surface area contributed by atoms with Crippen LogP contribution < -0.4 is 0 Å². The Kier molecular flexibility index (Phi) is 5.92. The van der Waals surface area contributed by atoms with Crippen LogP contribution in [-0.4, -0.2) is 29.8 Å². The third-order valence-corrected chi connectivity index (χ3v) is 3.42. The number of nitrogens with zero attached hydrogens (tertiary/aromatic N) is 1. The number of likely N-dealkylation sites (N-methyl/N-ethyl adjacent to an activating group) is 1. The molecule has 0 bridgehead atoms. The van der Waals surface area contributed by atoms with Crippen molar-refractivity contribution in [3.63, 3.8) is 0 Å². The zero-order chi connectivity index (χ0) is 11.1. The van der Waals surface area contributed by atoms with Gasteiger partial charge in [-0.15, -0.1) is 0 Å². The van der Waals surface area contributed by atoms with Crippen molar-refractivity contribution in [3.8, 4) is 0 Å². The Morgan fingerprint density at radius 2 is 2.07 bits per heavy atom. The van der Waals surface area contributed by atoms with Crippen LogP contribution in [0.1, 0.15) is 58.8 Å². The third kappa shape index (κ3) is 3.94. The predicted octanol–water partition coefficient (Wildman–Crippen LogP) is 3.01. The predicted molar refractivity (Wildman–Crippen MR) is 64.0 cm³/mol. The summed E-state index contributed by atoms with van der Waals surface area (Å²) in [4.78, 5) is 14.3. The lowest BCUT2D eigenvalue weighted by atomic mass is 10.1. The monoisotopic (exact) mass is 211 g/mol. The average molecular weight is 211 g/mol. The van der Waals surface area contributed by atoms with Crippen molar-refractivity contribution in [2.24, 2.45) is 0 Å². The van der Waals surface area contributed by atoms with Crippen molar-refractivity contribution in [1.82, 2.24) is 4.90 Å². The topological polar surface area (TPSA) is 20.3 Å². The molecule has 1 atom stereocenters. The van der Waals surface area contributed by atoms with E-state index in [1.165, 1.54) is 25.7 Å². The number of carbonyl (C=O) groups is 1. The van der Waals surface area contributed by atoms with E-state index >= 15 is 0 Å². The van der Waals surface area contributed by atoms with E-state index in [4.69, 9.17) is 0 Å². The molecular formula is C13H25NO. The maximum absolute atomic E-state index is 11.9. The van der Waals surface area contributed by atoms with Crippen molar-refractivity contribution in [3.05, 3.63) is 0 Å². The number of carbonyl (C=O) groups excluding carboxylic acids is 1. The molecule has 0 aromatic rings. The van der Waals surface area contributed by atoms with Gasteiger partial charge in [0.15, 0.2) is 0 Å². The lowest BCUT2D eigenvalue weighted by molar-refractivity contribution is -0.124. The molecule has 2 heteroatoms. The van der Waals surface area contributed by atoms with Crippen LogP contribution >= 0.6 is 0 Å². The van der Waals surface area contributed by atoms with E-state index in [1.54, 1.807) is 0 Å². The second-order valence-corrected chi connectivity index (χ2v) is 4.56. The van der Waals surface area contributed by atoms with Gasteiger partial charge in [0.1, 0.15) is 5.78 Å². The number of ketones is 1. The van der Waals surface area contributed by atoms with Crippen LogP contribution in [0.5, 0.6) is 0 Å². The first-order chi connectivity index (χ1) is 7.29. The standard InChI is InChI=1S/C13H25NO/c1-3-5-11-14(4-2)12-9-7-6-8-10-13(12)15/h12H,3-11H2,1-2H3. The Hall–Kier alpha value is -0.370. The number of rotatable bonds is 5. The maximum Gasteiger partial charge on any atom is 0.149 e. The summed E-state index contributed by atoms with van der Waals surface area (Å²) in [6.07, 6.45) is 7.94. The second kappa shape index (κ2) is 7.00. The molecule has 0 saturated heterocycles. The molecule has 1 aliphatic carbocycles. The van der Waals surface area contributed by atoms with Crippen LogP contribution in [0.4, 0.5) is 0 Å². The molecule has 88 valence electrons. The van der Waals surface area contributed by atoms with Crippen LogP contribution in [-0.2, 0) is 4.79 Å². The largest absolute Gasteiger partial charge is 0.298 e. The third-order valence-electron chi connectivity index (χ3n) is 3.42.